The van der Waals surface area contributed by atoms with Crippen LogP contribution >= 0.6 is 54.5 Å². The minimum Gasteiger partial charge on any atom is -0.496 e. The highest BCUT2D eigenvalue weighted by atomic mass is 79.9. The topological polar surface area (TPSA) is 355 Å². The number of nitrogens with zero attached hydrogens (tertiary/aromatic N) is 9. The first kappa shape index (κ1) is 110. The molecule has 9 heterocycles. The summed E-state index contributed by atoms with van der Waals surface area (Å²) in [5.74, 6) is -2.43. The van der Waals surface area contributed by atoms with Gasteiger partial charge in [-0.25, -0.2) is 14.4 Å². The first-order valence-electron chi connectivity index (χ1n) is 50.9. The second kappa shape index (κ2) is 49.3. The molecule has 5 fully saturated rings. The number of benzene rings is 7. The van der Waals surface area contributed by atoms with E-state index in [1.54, 1.807) is 44.6 Å². The number of carbonyl (C=O) groups is 12. The van der Waals surface area contributed by atoms with Crippen LogP contribution in [0.1, 0.15) is 234 Å². The smallest absolute Gasteiger partial charge is 0.258 e. The minimum atomic E-state index is -0.810. The highest BCUT2D eigenvalue weighted by Gasteiger charge is 2.52. The summed E-state index contributed by atoms with van der Waals surface area (Å²) >= 11 is 10.0. The molecule has 0 radical (unpaired) electrons. The van der Waals surface area contributed by atoms with Crippen molar-refractivity contribution in [1.29, 1.82) is 0 Å². The summed E-state index contributed by atoms with van der Waals surface area (Å²) in [6, 6.07) is 42.9. The van der Waals surface area contributed by atoms with Crippen molar-refractivity contribution < 1.29 is 87.1 Å². The van der Waals surface area contributed by atoms with Crippen LogP contribution in [0, 0.1) is 48.8 Å². The van der Waals surface area contributed by atoms with E-state index in [1.807, 2.05) is 202 Å². The molecule has 5 N–H and O–H groups in total. The number of thiazole rings is 2. The van der Waals surface area contributed by atoms with E-state index in [2.05, 4.69) is 59.3 Å². The molecule has 12 atom stereocenters. The van der Waals surface area contributed by atoms with Crippen LogP contribution in [0.15, 0.2) is 178 Å². The second-order valence-electron chi connectivity index (χ2n) is 42.0. The van der Waals surface area contributed by atoms with Crippen molar-refractivity contribution in [1.82, 2.24) is 49.6 Å². The maximum absolute atomic E-state index is 14.0. The Morgan fingerprint density at radius 2 is 0.808 bits per heavy atom. The molecule has 0 unspecified atom stereocenters. The highest BCUT2D eigenvalue weighted by molar-refractivity contribution is 9.10. The van der Waals surface area contributed by atoms with Gasteiger partial charge < -0.3 is 64.8 Å². The van der Waals surface area contributed by atoms with Gasteiger partial charge in [-0.3, -0.25) is 57.5 Å². The number of hydrogen-bond acceptors (Lipinski definition) is 21. The molecule has 1 aliphatic carbocycles. The fourth-order valence-electron chi connectivity index (χ4n) is 21.6. The van der Waals surface area contributed by atoms with Crippen molar-refractivity contribution in [3.8, 4) is 26.6 Å². The summed E-state index contributed by atoms with van der Waals surface area (Å²) in [7, 11) is 1.52. The van der Waals surface area contributed by atoms with Crippen molar-refractivity contribution >= 4 is 125 Å². The number of nitrogens with one attached hydrogen (secondary N) is 1. The molecule has 146 heavy (non-hydrogen) atoms. The Bertz CT molecular complexity index is 6200. The number of methoxy groups -OCH3 is 1. The van der Waals surface area contributed by atoms with Gasteiger partial charge in [-0.1, -0.05) is 217 Å². The van der Waals surface area contributed by atoms with E-state index in [4.69, 9.17) is 4.74 Å². The van der Waals surface area contributed by atoms with Crippen molar-refractivity contribution in [3.63, 3.8) is 0 Å². The van der Waals surface area contributed by atoms with Crippen LogP contribution in [-0.2, 0) is 88.5 Å². The lowest BCUT2D eigenvalue weighted by Crippen LogP contribution is -2.57. The molecular weight excluding hydrogens is 2020 g/mol. The molecule has 7 aromatic carbocycles. The lowest BCUT2D eigenvalue weighted by molar-refractivity contribution is -0.143. The monoisotopic (exact) mass is 2160 g/mol. The Hall–Kier alpha value is -11.2. The molecular formula is C114H135Br2FN10O17S2. The van der Waals surface area contributed by atoms with E-state index >= 15 is 0 Å². The fraction of sp³-hybridized carbons (Fsp3) is 0.474. The molecule has 776 valence electrons. The quantitative estimate of drug-likeness (QED) is 0.0261. The van der Waals surface area contributed by atoms with Crippen molar-refractivity contribution in [2.75, 3.05) is 33.3 Å². The standard InChI is InChI=1S/C31H35N3O5S.C31H43N3O4S.C26H28BrFN2O4.C26H29BrN2O4/c1-18(2)28(34-15-22-6-5-7-26(39-4)27(22)30(34)37)31(38)33-16-23(35)14-24(33)25(36)13-10-20-8-11-21(12-9-20)29-19(3)32-17-40-29;1-20-28(39-19-32-20)23-13-10-21(11-14-23)12-15-26(36)25-17-24(35)18-34(25)30(38)29(31(2,3)4)33-27(37)16-22-8-6-5-7-9-22;1-15(2)24(30-13-17-11-19(28)8-9-21(17)25(30)33)26(34)29-14-20(31)12-22(29)23(32)10-5-16-3-6-18(27)7-4-16;1-16(2)24(29-14-18-5-3-4-6-21(18)25(29)32)26(33)28-15-20(30)13-22(28)23(31)12-9-17-7-10-19(27)11-8-17/h5-9,11-12,17-18,23-24,28,35H,10,13-16H2,1-4H3;10-11,13-14,19,22,24-25,29,35H,5-9,12,15-18H2,1-4H3,(H,33,37);3-4,6-9,11,15,20,22,24,31H,5,10,12-14H2,1-2H3;3-8,10-11,16,20,22,24,30H,9,12-15H2,1-2H3/t23-,24+,28+;24-,25+,29-;2*20-,22+,24+/m1111/s1. The molecule has 32 heteroatoms. The van der Waals surface area contributed by atoms with E-state index in [9.17, 15) is 82.4 Å². The molecule has 8 amide bonds. The summed E-state index contributed by atoms with van der Waals surface area (Å²) in [5.41, 5.74) is 15.3. The minimum absolute atomic E-state index is 0.0523. The third-order valence-electron chi connectivity index (χ3n) is 29.3. The van der Waals surface area contributed by atoms with Gasteiger partial charge in [0.1, 0.15) is 35.7 Å². The number of hydrogen-bond donors (Lipinski definition) is 5. The molecule has 4 saturated heterocycles. The van der Waals surface area contributed by atoms with Gasteiger partial charge >= 0.3 is 0 Å². The van der Waals surface area contributed by atoms with Gasteiger partial charge in [0, 0.05) is 124 Å². The number of aryl methyl sites for hydroxylation is 6. The fourth-order valence-corrected chi connectivity index (χ4v) is 23.8. The Labute approximate surface area is 879 Å². The number of ether oxygens (including phenoxy) is 1. The van der Waals surface area contributed by atoms with Crippen LogP contribution in [0.25, 0.3) is 20.9 Å². The van der Waals surface area contributed by atoms with E-state index in [1.165, 1.54) is 56.2 Å². The van der Waals surface area contributed by atoms with E-state index < -0.39 is 84.0 Å². The normalized spacial score (nSPS) is 20.5. The zero-order chi connectivity index (χ0) is 105. The zero-order valence-electron chi connectivity index (χ0n) is 85.2. The van der Waals surface area contributed by atoms with Gasteiger partial charge in [0.2, 0.25) is 29.5 Å². The predicted octanol–water partition coefficient (Wildman–Crippen LogP) is 16.7. The van der Waals surface area contributed by atoms with E-state index in [0.717, 1.165) is 100 Å². The number of ketones is 4. The van der Waals surface area contributed by atoms with Crippen molar-refractivity contribution in [2.45, 2.75) is 284 Å². The number of likely N-dealkylation sites (tertiary alicyclic amines) is 4. The summed E-state index contributed by atoms with van der Waals surface area (Å²) in [5, 5.41) is 44.6. The third-order valence-corrected chi connectivity index (χ3v) is 32.3. The number of aromatic nitrogens is 2. The number of aliphatic hydroxyl groups excluding tert-OH is 4. The number of amides is 8. The molecule has 9 aromatic rings. The molecule has 7 aliphatic heterocycles. The summed E-state index contributed by atoms with van der Waals surface area (Å²) in [4.78, 5) is 182. The molecule has 2 aromatic heterocycles. The first-order valence-corrected chi connectivity index (χ1v) is 54.2. The maximum Gasteiger partial charge on any atom is 0.258 e. The Kier molecular flexibility index (Phi) is 37.3. The number of β-amino-alcohol motifs (C(OH)–C–C–N with tert-alkyl or cyclic N) is 4. The van der Waals surface area contributed by atoms with E-state index in [-0.39, 0.29) is 166 Å². The van der Waals surface area contributed by atoms with Gasteiger partial charge in [0.15, 0.2) is 23.1 Å². The SMILES string of the molecule is CC(C)[C@@H](C(=O)N1C[C@H](O)C[C@H]1C(=O)CCc1ccc(Br)cc1)N1Cc2cc(F)ccc2C1=O.CC(C)[C@@H](C(=O)N1C[C@H](O)C[C@H]1C(=O)CCc1ccc(Br)cc1)N1Cc2ccccc2C1=O.COc1cccc2c1C(=O)N([C@H](C(=O)N1C[C@H](O)C[C@H]1C(=O)CCc1ccc(-c3scnc3C)cc1)C(C)C)C2.Cc1ncsc1-c1ccc(CCC(=O)[C@@H]2C[C@@H](O)CN2C(=O)[C@@H](NC(=O)CC2CCCCC2)C(C)(C)C)cc1. The van der Waals surface area contributed by atoms with Gasteiger partial charge in [-0.15, -0.1) is 22.7 Å². The Morgan fingerprint density at radius 3 is 1.18 bits per heavy atom. The maximum atomic E-state index is 14.0. The number of fused-ring (bicyclic) bond motifs is 3. The number of halogens is 3. The van der Waals surface area contributed by atoms with E-state index in [0.29, 0.717) is 85.5 Å². The molecule has 27 nitrogen and oxygen atoms in total. The molecule has 1 saturated carbocycles. The summed E-state index contributed by atoms with van der Waals surface area (Å²) in [6.07, 6.45) is 7.24. The lowest BCUT2D eigenvalue weighted by Gasteiger charge is -2.35. The van der Waals surface area contributed by atoms with Crippen LogP contribution in [0.4, 0.5) is 4.39 Å². The van der Waals surface area contributed by atoms with Crippen LogP contribution in [0.5, 0.6) is 5.75 Å². The number of rotatable bonds is 32. The average molecular weight is 2160 g/mol. The van der Waals surface area contributed by atoms with Gasteiger partial charge in [0.05, 0.1) is 93.4 Å². The average Bonchev–Trinajstić information content (AvgIpc) is 1.61. The summed E-state index contributed by atoms with van der Waals surface area (Å²) in [6.45, 7) is 22.3. The number of Topliss-reactive ketones (excluding diaryl/α,β-unsaturated/α-hetero) is 4. The lowest BCUT2D eigenvalue weighted by atomic mass is 9.84. The van der Waals surface area contributed by atoms with Gasteiger partial charge in [0.25, 0.3) is 17.7 Å². The van der Waals surface area contributed by atoms with Crippen LogP contribution in [-0.4, -0.2) is 241 Å². The Balaban J connectivity index is 0.000000154. The molecule has 0 bridgehead atoms. The molecule has 0 spiro atoms. The van der Waals surface area contributed by atoms with Crippen LogP contribution < -0.4 is 10.1 Å². The zero-order valence-corrected chi connectivity index (χ0v) is 90.0. The summed E-state index contributed by atoms with van der Waals surface area (Å²) < 4.78 is 21.1. The third kappa shape index (κ3) is 26.5. The van der Waals surface area contributed by atoms with Crippen molar-refractivity contribution in [3.05, 3.63) is 251 Å². The van der Waals surface area contributed by atoms with Crippen LogP contribution in [0.3, 0.4) is 0 Å². The van der Waals surface area contributed by atoms with Crippen LogP contribution in [0.2, 0.25) is 0 Å². The van der Waals surface area contributed by atoms with Gasteiger partial charge in [-0.2, -0.15) is 0 Å². The molecule has 17 rings (SSSR count). The largest absolute Gasteiger partial charge is 0.496 e. The second-order valence-corrected chi connectivity index (χ2v) is 45.6. The highest BCUT2D eigenvalue weighted by Crippen LogP contribution is 2.41. The number of aliphatic hydroxyl groups is 4. The molecule has 8 aliphatic rings. The predicted molar refractivity (Wildman–Crippen MR) is 565 cm³/mol. The van der Waals surface area contributed by atoms with Gasteiger partial charge in [-0.05, 0) is 186 Å². The Morgan fingerprint density at radius 1 is 0.452 bits per heavy atom. The van der Waals surface area contributed by atoms with Crippen molar-refractivity contribution in [2.24, 2.45) is 29.1 Å². The first-order chi connectivity index (χ1) is 69.6. The number of carbonyl (C=O) groups excluding carboxylic acids is 12.